The van der Waals surface area contributed by atoms with Gasteiger partial charge < -0.3 is 14.6 Å². The first-order chi connectivity index (χ1) is 23.1. The van der Waals surface area contributed by atoms with Crippen molar-refractivity contribution in [2.24, 2.45) is 0 Å². The summed E-state index contributed by atoms with van der Waals surface area (Å²) in [5.41, 5.74) is 0. The van der Waals surface area contributed by atoms with Gasteiger partial charge in [0.25, 0.3) is 0 Å². The predicted molar refractivity (Wildman–Crippen MR) is 210 cm³/mol. The van der Waals surface area contributed by atoms with Crippen molar-refractivity contribution in [1.82, 2.24) is 0 Å². The van der Waals surface area contributed by atoms with Crippen molar-refractivity contribution >= 4 is 41.5 Å². The summed E-state index contributed by atoms with van der Waals surface area (Å²) in [7, 11) is 0. The fourth-order valence-corrected chi connectivity index (χ4v) is 5.88. The number of hydrogen-bond donors (Lipinski definition) is 1. The van der Waals surface area contributed by atoms with E-state index in [1.807, 2.05) is 0 Å². The van der Waals surface area contributed by atoms with Gasteiger partial charge in [0, 0.05) is 18.8 Å². The van der Waals surface area contributed by atoms with Gasteiger partial charge in [-0.25, -0.2) is 9.59 Å². The van der Waals surface area contributed by atoms with Crippen molar-refractivity contribution in [3.8, 4) is 0 Å². The molecule has 0 aromatic rings. The molecular weight excluding hydrogens is 607 g/mol. The summed E-state index contributed by atoms with van der Waals surface area (Å²) in [6, 6.07) is 0. The number of esters is 2. The Bertz CT molecular complexity index is 588. The molecule has 282 valence electrons. The van der Waals surface area contributed by atoms with E-state index in [-0.39, 0.29) is 36.2 Å². The summed E-state index contributed by atoms with van der Waals surface area (Å²) in [5, 5.41) is 7.57. The molecule has 0 radical (unpaired) electrons. The number of carbonyl (C=O) groups excluding carboxylic acids is 2. The number of aliphatic hydroxyl groups is 1. The average molecular weight is 691 g/mol. The van der Waals surface area contributed by atoms with Gasteiger partial charge in [-0.2, -0.15) is 0 Å². The SMILES string of the molecule is CCCCCCCCCCCCCCCCCCOC(=O)/C=C/C(=O)OCCCCCCCCCCCCCCCCCC.CCO.[NaH]. The van der Waals surface area contributed by atoms with Gasteiger partial charge in [-0.05, 0) is 19.8 Å². The van der Waals surface area contributed by atoms with E-state index in [0.29, 0.717) is 13.2 Å². The number of carbonyl (C=O) groups is 2. The first-order valence-corrected chi connectivity index (χ1v) is 20.7. The van der Waals surface area contributed by atoms with Gasteiger partial charge in [0.1, 0.15) is 0 Å². The summed E-state index contributed by atoms with van der Waals surface area (Å²) in [4.78, 5) is 23.6. The second-order valence-corrected chi connectivity index (χ2v) is 13.6. The van der Waals surface area contributed by atoms with Crippen LogP contribution in [0.4, 0.5) is 0 Å². The molecule has 0 aliphatic rings. The van der Waals surface area contributed by atoms with E-state index in [2.05, 4.69) is 13.8 Å². The van der Waals surface area contributed by atoms with E-state index < -0.39 is 11.9 Å². The molecule has 6 heteroatoms. The zero-order valence-corrected chi connectivity index (χ0v) is 32.0. The van der Waals surface area contributed by atoms with Crippen LogP contribution in [-0.4, -0.2) is 66.4 Å². The van der Waals surface area contributed by atoms with E-state index in [4.69, 9.17) is 14.6 Å². The summed E-state index contributed by atoms with van der Waals surface area (Å²) < 4.78 is 10.4. The molecule has 0 saturated carbocycles. The van der Waals surface area contributed by atoms with Gasteiger partial charge in [0.2, 0.25) is 0 Å². The van der Waals surface area contributed by atoms with Crippen LogP contribution in [0, 0.1) is 0 Å². The molecule has 0 unspecified atom stereocenters. The fourth-order valence-electron chi connectivity index (χ4n) is 5.88. The third-order valence-corrected chi connectivity index (χ3v) is 8.84. The molecule has 0 saturated heterocycles. The molecular formula is C42H83NaO5. The van der Waals surface area contributed by atoms with Crippen LogP contribution in [0.25, 0.3) is 0 Å². The molecule has 0 fully saturated rings. The van der Waals surface area contributed by atoms with Gasteiger partial charge in [0.05, 0.1) is 13.2 Å². The Morgan fingerprint density at radius 1 is 0.375 bits per heavy atom. The predicted octanol–water partition coefficient (Wildman–Crippen LogP) is 12.5. The third kappa shape index (κ3) is 50.0. The van der Waals surface area contributed by atoms with Crippen molar-refractivity contribution in [3.05, 3.63) is 12.2 Å². The first-order valence-electron chi connectivity index (χ1n) is 20.7. The minimum atomic E-state index is -0.453. The van der Waals surface area contributed by atoms with Crippen LogP contribution in [0.15, 0.2) is 12.2 Å². The zero-order valence-electron chi connectivity index (χ0n) is 32.0. The van der Waals surface area contributed by atoms with Crippen LogP contribution in [0.3, 0.4) is 0 Å². The van der Waals surface area contributed by atoms with Crippen molar-refractivity contribution < 1.29 is 24.2 Å². The normalized spacial score (nSPS) is 10.8. The summed E-state index contributed by atoms with van der Waals surface area (Å²) >= 11 is 0. The van der Waals surface area contributed by atoms with Crippen LogP contribution in [0.2, 0.25) is 0 Å². The molecule has 0 bridgehead atoms. The monoisotopic (exact) mass is 691 g/mol. The zero-order chi connectivity index (χ0) is 34.7. The Balaban J connectivity index is -0.00000486. The van der Waals surface area contributed by atoms with Crippen molar-refractivity contribution in [2.45, 2.75) is 226 Å². The van der Waals surface area contributed by atoms with Crippen LogP contribution < -0.4 is 0 Å². The molecule has 0 aromatic heterocycles. The summed E-state index contributed by atoms with van der Waals surface area (Å²) in [6.07, 6.45) is 44.7. The maximum atomic E-state index is 11.8. The molecule has 0 rings (SSSR count). The number of unbranched alkanes of at least 4 members (excludes halogenated alkanes) is 30. The number of aliphatic hydroxyl groups excluding tert-OH is 1. The molecule has 0 aliphatic carbocycles. The Hall–Kier alpha value is -0.360. The molecule has 0 atom stereocenters. The number of hydrogen-bond acceptors (Lipinski definition) is 5. The number of rotatable bonds is 36. The molecule has 0 aliphatic heterocycles. The van der Waals surface area contributed by atoms with Gasteiger partial charge >= 0.3 is 41.5 Å². The average Bonchev–Trinajstić information content (AvgIpc) is 3.07. The van der Waals surface area contributed by atoms with Gasteiger partial charge in [-0.3, -0.25) is 0 Å². The Kier molecular flexibility index (Phi) is 52.8. The molecule has 0 aromatic carbocycles. The van der Waals surface area contributed by atoms with Crippen LogP contribution >= 0.6 is 0 Å². The van der Waals surface area contributed by atoms with E-state index in [1.165, 1.54) is 192 Å². The second kappa shape index (κ2) is 48.8. The van der Waals surface area contributed by atoms with Gasteiger partial charge in [0.15, 0.2) is 0 Å². The second-order valence-electron chi connectivity index (χ2n) is 13.6. The van der Waals surface area contributed by atoms with E-state index in [1.54, 1.807) is 6.92 Å². The molecule has 48 heavy (non-hydrogen) atoms. The Morgan fingerprint density at radius 2 is 0.542 bits per heavy atom. The molecule has 5 nitrogen and oxygen atoms in total. The minimum absolute atomic E-state index is 0. The molecule has 0 heterocycles. The first kappa shape index (κ1) is 52.0. The molecule has 0 amide bonds. The topological polar surface area (TPSA) is 72.8 Å². The van der Waals surface area contributed by atoms with Crippen LogP contribution in [0.5, 0.6) is 0 Å². The fraction of sp³-hybridized carbons (Fsp3) is 0.905. The van der Waals surface area contributed by atoms with E-state index >= 15 is 0 Å². The van der Waals surface area contributed by atoms with Gasteiger partial charge in [-0.1, -0.05) is 206 Å². The van der Waals surface area contributed by atoms with Crippen molar-refractivity contribution in [3.63, 3.8) is 0 Å². The van der Waals surface area contributed by atoms with Crippen LogP contribution in [0.1, 0.15) is 226 Å². The van der Waals surface area contributed by atoms with E-state index in [9.17, 15) is 9.59 Å². The van der Waals surface area contributed by atoms with Crippen LogP contribution in [-0.2, 0) is 19.1 Å². The number of ether oxygens (including phenoxy) is 2. The Morgan fingerprint density at radius 3 is 0.729 bits per heavy atom. The third-order valence-electron chi connectivity index (χ3n) is 8.84. The van der Waals surface area contributed by atoms with Crippen molar-refractivity contribution in [1.29, 1.82) is 0 Å². The quantitative estimate of drug-likeness (QED) is 0.0307. The standard InChI is InChI=1S/C40H76O4.C2H6O.Na.H/c1-3-5-7-9-11-13-15-17-19-21-23-25-27-29-31-33-37-43-39(41)35-36-40(42)44-38-34-32-30-28-26-24-22-20-18-16-14-12-10-8-6-4-2;1-2-3;;/h35-36H,3-34,37-38H2,1-2H3;3H,2H2,1H3;;/b36-35+;;;. The van der Waals surface area contributed by atoms with Gasteiger partial charge in [-0.15, -0.1) is 0 Å². The van der Waals surface area contributed by atoms with E-state index in [0.717, 1.165) is 25.7 Å². The summed E-state index contributed by atoms with van der Waals surface area (Å²) in [6.45, 7) is 7.34. The van der Waals surface area contributed by atoms with Crippen molar-refractivity contribution in [2.75, 3.05) is 19.8 Å². The summed E-state index contributed by atoms with van der Waals surface area (Å²) in [5.74, 6) is -0.907. The maximum absolute atomic E-state index is 11.8. The Labute approximate surface area is 322 Å². The molecule has 1 N–H and O–H groups in total. The molecule has 0 spiro atoms.